The van der Waals surface area contributed by atoms with Crippen molar-refractivity contribution in [3.8, 4) is 0 Å². The predicted molar refractivity (Wildman–Crippen MR) is 61.6 cm³/mol. The van der Waals surface area contributed by atoms with Gasteiger partial charge in [0.15, 0.2) is 0 Å². The normalized spacial score (nSPS) is 10.2. The van der Waals surface area contributed by atoms with Crippen LogP contribution in [0.5, 0.6) is 0 Å². The van der Waals surface area contributed by atoms with Gasteiger partial charge in [0.25, 0.3) is 0 Å². The Labute approximate surface area is 101 Å². The minimum Gasteiger partial charge on any atom is -0.237 e. The Balaban J connectivity index is 0.000000557. The molecule has 0 saturated heterocycles. The summed E-state index contributed by atoms with van der Waals surface area (Å²) in [7, 11) is 0. The lowest BCUT2D eigenvalue weighted by atomic mass is 10.2. The van der Waals surface area contributed by atoms with E-state index < -0.39 is 6.68 Å². The lowest BCUT2D eigenvalue weighted by Crippen LogP contribution is -2.30. The quantitative estimate of drug-likeness (QED) is 0.540. The van der Waals surface area contributed by atoms with Crippen LogP contribution in [0.3, 0.4) is 0 Å². The largest absolute Gasteiger partial charge is 0.379 e. The molecule has 0 saturated carbocycles. The van der Waals surface area contributed by atoms with Gasteiger partial charge in [-0.2, -0.15) is 13.2 Å². The Morgan fingerprint density at radius 3 is 2.24 bits per heavy atom. The van der Waals surface area contributed by atoms with Crippen LogP contribution >= 0.6 is 0 Å². The number of imidazole rings is 1. The second-order valence-corrected chi connectivity index (χ2v) is 3.79. The summed E-state index contributed by atoms with van der Waals surface area (Å²) in [6.45, 7) is 3.00. The van der Waals surface area contributed by atoms with Gasteiger partial charge in [-0.25, -0.2) is 9.13 Å². The molecule has 0 atom stereocenters. The molecule has 17 heavy (non-hydrogen) atoms. The van der Waals surface area contributed by atoms with Crippen LogP contribution in [0.1, 0.15) is 39.5 Å². The molecule has 100 valence electrons. The molecule has 0 radical (unpaired) electrons. The first kappa shape index (κ1) is 16.0. The van der Waals surface area contributed by atoms with Crippen molar-refractivity contribution >= 4 is 0 Å². The number of hydrogen-bond acceptors (Lipinski definition) is 0. The summed E-state index contributed by atoms with van der Waals surface area (Å²) < 4.78 is 33.5. The van der Waals surface area contributed by atoms with Crippen molar-refractivity contribution in [1.29, 1.82) is 0 Å². The summed E-state index contributed by atoms with van der Waals surface area (Å²) in [4.78, 5) is 0. The number of alkyl halides is 3. The van der Waals surface area contributed by atoms with E-state index in [0.717, 1.165) is 6.54 Å². The molecule has 0 amide bonds. The topological polar surface area (TPSA) is 8.81 Å². The Bertz CT molecular complexity index is 272. The van der Waals surface area contributed by atoms with E-state index in [-0.39, 0.29) is 0 Å². The van der Waals surface area contributed by atoms with Crippen LogP contribution in [0.25, 0.3) is 0 Å². The molecule has 0 aliphatic carbocycles. The molecule has 2 nitrogen and oxygen atoms in total. The minimum atomic E-state index is -3.67. The standard InChI is InChI=1S/C11H21N2.CHF3/c1-3-5-6-7-8-13-10-9-12(4-2)11-13;2-1(3)4/h9-11H,3-8H2,1-2H3;1H/q+1;. The van der Waals surface area contributed by atoms with Crippen LogP contribution in [0.4, 0.5) is 13.2 Å². The first-order chi connectivity index (χ1) is 8.10. The first-order valence-corrected chi connectivity index (χ1v) is 6.07. The molecule has 0 N–H and O–H groups in total. The number of rotatable bonds is 6. The van der Waals surface area contributed by atoms with Gasteiger partial charge >= 0.3 is 6.68 Å². The zero-order valence-electron chi connectivity index (χ0n) is 10.6. The Morgan fingerprint density at radius 1 is 1.12 bits per heavy atom. The van der Waals surface area contributed by atoms with Gasteiger partial charge in [-0.3, -0.25) is 0 Å². The second kappa shape index (κ2) is 10.2. The van der Waals surface area contributed by atoms with E-state index in [1.165, 1.54) is 32.2 Å². The summed E-state index contributed by atoms with van der Waals surface area (Å²) >= 11 is 0. The van der Waals surface area contributed by atoms with Gasteiger partial charge in [-0.05, 0) is 19.8 Å². The van der Waals surface area contributed by atoms with Gasteiger partial charge in [0.1, 0.15) is 12.4 Å². The molecule has 1 aromatic rings. The summed E-state index contributed by atoms with van der Waals surface area (Å²) in [5.41, 5.74) is 0. The third kappa shape index (κ3) is 9.90. The van der Waals surface area contributed by atoms with Crippen LogP contribution in [0.15, 0.2) is 18.7 Å². The van der Waals surface area contributed by atoms with Crippen LogP contribution < -0.4 is 4.57 Å². The van der Waals surface area contributed by atoms with Crippen molar-refractivity contribution in [2.24, 2.45) is 0 Å². The Hall–Kier alpha value is -1.00. The zero-order chi connectivity index (χ0) is 13.1. The fourth-order valence-electron chi connectivity index (χ4n) is 1.48. The van der Waals surface area contributed by atoms with Crippen LogP contribution in [0, 0.1) is 0 Å². The van der Waals surface area contributed by atoms with E-state index in [2.05, 4.69) is 41.7 Å². The van der Waals surface area contributed by atoms with Crippen molar-refractivity contribution in [1.82, 2.24) is 4.57 Å². The third-order valence-electron chi connectivity index (χ3n) is 2.38. The van der Waals surface area contributed by atoms with E-state index in [0.29, 0.717) is 0 Å². The fourth-order valence-corrected chi connectivity index (χ4v) is 1.48. The minimum absolute atomic E-state index is 1.07. The highest BCUT2D eigenvalue weighted by atomic mass is 19.4. The highest BCUT2D eigenvalue weighted by Gasteiger charge is 2.00. The molecule has 1 heterocycles. The highest BCUT2D eigenvalue weighted by Crippen LogP contribution is 1.98. The second-order valence-electron chi connectivity index (χ2n) is 3.79. The molecule has 5 heteroatoms. The SMILES string of the molecule is CCCCCC[n+]1ccn(CC)c1.FC(F)F. The Morgan fingerprint density at radius 2 is 1.76 bits per heavy atom. The molecule has 0 aromatic carbocycles. The summed E-state index contributed by atoms with van der Waals surface area (Å²) in [5, 5.41) is 0. The van der Waals surface area contributed by atoms with Crippen molar-refractivity contribution < 1.29 is 17.7 Å². The number of halogens is 3. The van der Waals surface area contributed by atoms with E-state index in [1.807, 2.05) is 0 Å². The zero-order valence-corrected chi connectivity index (χ0v) is 10.6. The smallest absolute Gasteiger partial charge is 0.237 e. The van der Waals surface area contributed by atoms with Gasteiger partial charge in [0, 0.05) is 0 Å². The number of aromatic nitrogens is 2. The average Bonchev–Trinajstić information content (AvgIpc) is 2.71. The molecule has 0 spiro atoms. The molecule has 0 aliphatic rings. The molecular weight excluding hydrogens is 229 g/mol. The maximum atomic E-state index is 9.67. The van der Waals surface area contributed by atoms with Gasteiger partial charge in [-0.15, -0.1) is 0 Å². The van der Waals surface area contributed by atoms with E-state index in [4.69, 9.17) is 0 Å². The Kier molecular flexibility index (Phi) is 9.57. The van der Waals surface area contributed by atoms with Crippen molar-refractivity contribution in [3.63, 3.8) is 0 Å². The van der Waals surface area contributed by atoms with Gasteiger partial charge < -0.3 is 0 Å². The van der Waals surface area contributed by atoms with Gasteiger partial charge in [-0.1, -0.05) is 19.8 Å². The number of unbranched alkanes of at least 4 members (excludes halogenated alkanes) is 3. The molecule has 1 rings (SSSR count). The van der Waals surface area contributed by atoms with Crippen molar-refractivity contribution in [2.75, 3.05) is 0 Å². The monoisotopic (exact) mass is 251 g/mol. The summed E-state index contributed by atoms with van der Waals surface area (Å²) in [5.74, 6) is 0. The predicted octanol–water partition coefficient (Wildman–Crippen LogP) is 3.55. The number of nitrogens with zero attached hydrogens (tertiary/aromatic N) is 2. The lowest BCUT2D eigenvalue weighted by molar-refractivity contribution is -0.696. The van der Waals surface area contributed by atoms with Gasteiger partial charge in [0.05, 0.1) is 13.1 Å². The number of aryl methyl sites for hydroxylation is 2. The number of hydrogen-bond donors (Lipinski definition) is 0. The molecule has 0 aliphatic heterocycles. The van der Waals surface area contributed by atoms with E-state index in [1.54, 1.807) is 0 Å². The fraction of sp³-hybridized carbons (Fsp3) is 0.750. The van der Waals surface area contributed by atoms with Crippen LogP contribution in [-0.2, 0) is 13.1 Å². The average molecular weight is 251 g/mol. The summed E-state index contributed by atoms with van der Waals surface area (Å²) in [6.07, 6.45) is 11.9. The molecule has 1 aromatic heterocycles. The molecule has 0 unspecified atom stereocenters. The maximum absolute atomic E-state index is 9.67. The van der Waals surface area contributed by atoms with Crippen molar-refractivity contribution in [3.05, 3.63) is 18.7 Å². The van der Waals surface area contributed by atoms with E-state index >= 15 is 0 Å². The molecule has 0 bridgehead atoms. The summed E-state index contributed by atoms with van der Waals surface area (Å²) in [6, 6.07) is 0. The van der Waals surface area contributed by atoms with Crippen molar-refractivity contribution in [2.45, 2.75) is 59.3 Å². The van der Waals surface area contributed by atoms with Gasteiger partial charge in [0.2, 0.25) is 6.33 Å². The molecular formula is C12H22F3N2+. The maximum Gasteiger partial charge on any atom is 0.379 e. The van der Waals surface area contributed by atoms with Crippen LogP contribution in [0.2, 0.25) is 0 Å². The third-order valence-corrected chi connectivity index (χ3v) is 2.38. The van der Waals surface area contributed by atoms with E-state index in [9.17, 15) is 13.2 Å². The molecule has 0 fully saturated rings. The lowest BCUT2D eigenvalue weighted by Gasteiger charge is -1.95. The highest BCUT2D eigenvalue weighted by molar-refractivity contribution is 4.64. The first-order valence-electron chi connectivity index (χ1n) is 6.07. The van der Waals surface area contributed by atoms with Crippen LogP contribution in [-0.4, -0.2) is 11.2 Å².